The van der Waals surface area contributed by atoms with Crippen LogP contribution in [0.2, 0.25) is 0 Å². The Balaban J connectivity index is 2.34. The summed E-state index contributed by atoms with van der Waals surface area (Å²) in [7, 11) is 0. The van der Waals surface area contributed by atoms with Gasteiger partial charge in [-0.25, -0.2) is 0 Å². The number of aromatic nitrogens is 1. The Kier molecular flexibility index (Phi) is 5.80. The van der Waals surface area contributed by atoms with Crippen molar-refractivity contribution in [2.24, 2.45) is 0 Å². The number of hydrogen-bond donors (Lipinski definition) is 2. The van der Waals surface area contributed by atoms with Gasteiger partial charge in [-0.05, 0) is 32.7 Å². The molecule has 0 bridgehead atoms. The molecule has 122 valence electrons. The van der Waals surface area contributed by atoms with E-state index in [0.29, 0.717) is 24.8 Å². The van der Waals surface area contributed by atoms with E-state index in [2.05, 4.69) is 11.5 Å². The lowest BCUT2D eigenvalue weighted by Gasteiger charge is -2.36. The number of aryl methyl sites for hydroxylation is 1. The molecule has 1 aliphatic rings. The van der Waals surface area contributed by atoms with Crippen LogP contribution in [-0.2, 0) is 13.1 Å². The maximum absolute atomic E-state index is 11.9. The molecule has 5 heteroatoms. The predicted octanol–water partition coefficient (Wildman–Crippen LogP) is 1.79. The van der Waals surface area contributed by atoms with Crippen molar-refractivity contribution >= 4 is 0 Å². The number of pyridine rings is 1. The highest BCUT2D eigenvalue weighted by Crippen LogP contribution is 2.24. The number of nitrogens with zero attached hydrogens (tertiary/aromatic N) is 2. The summed E-state index contributed by atoms with van der Waals surface area (Å²) in [4.78, 5) is 14.2. The molecule has 1 saturated heterocycles. The minimum Gasteiger partial charge on any atom is -0.503 e. The van der Waals surface area contributed by atoms with Crippen LogP contribution in [0.15, 0.2) is 23.5 Å². The first-order chi connectivity index (χ1) is 10.6. The summed E-state index contributed by atoms with van der Waals surface area (Å²) in [6, 6.07) is 1.77. The number of aromatic hydroxyl groups is 1. The summed E-state index contributed by atoms with van der Waals surface area (Å²) in [5.41, 5.74) is 1.15. The summed E-state index contributed by atoms with van der Waals surface area (Å²) >= 11 is 0. The second-order valence-corrected chi connectivity index (χ2v) is 5.98. The van der Waals surface area contributed by atoms with Crippen LogP contribution in [0.5, 0.6) is 5.75 Å². The van der Waals surface area contributed by atoms with E-state index in [1.165, 1.54) is 12.5 Å². The predicted molar refractivity (Wildman–Crippen MR) is 87.1 cm³/mol. The molecule has 1 fully saturated rings. The lowest BCUT2D eigenvalue weighted by atomic mass is 9.99. The number of hydrogen-bond acceptors (Lipinski definition) is 4. The standard InChI is InChI=1S/C17H26N2O3/c1-3-8-19-13(2)11-16(21)17(22)15(19)12-18-9-5-4-6-14(18)7-10-20/h3,11,14,20,22H,1,4-10,12H2,2H3. The highest BCUT2D eigenvalue weighted by atomic mass is 16.3. The van der Waals surface area contributed by atoms with Crippen molar-refractivity contribution in [2.75, 3.05) is 13.2 Å². The highest BCUT2D eigenvalue weighted by Gasteiger charge is 2.24. The third-order valence-electron chi connectivity index (χ3n) is 4.47. The summed E-state index contributed by atoms with van der Waals surface area (Å²) in [5.74, 6) is -0.166. The molecule has 0 saturated carbocycles. The molecule has 1 aliphatic heterocycles. The van der Waals surface area contributed by atoms with Gasteiger partial charge in [0.05, 0.1) is 5.69 Å². The lowest BCUT2D eigenvalue weighted by molar-refractivity contribution is 0.108. The molecular weight excluding hydrogens is 280 g/mol. The van der Waals surface area contributed by atoms with Gasteiger partial charge < -0.3 is 14.8 Å². The van der Waals surface area contributed by atoms with Crippen LogP contribution in [-0.4, -0.2) is 38.9 Å². The van der Waals surface area contributed by atoms with Crippen LogP contribution >= 0.6 is 0 Å². The Bertz CT molecular complexity index is 578. The number of aliphatic hydroxyl groups excluding tert-OH is 1. The van der Waals surface area contributed by atoms with Crippen LogP contribution in [0.4, 0.5) is 0 Å². The van der Waals surface area contributed by atoms with E-state index >= 15 is 0 Å². The molecular formula is C17H26N2O3. The Morgan fingerprint density at radius 2 is 2.23 bits per heavy atom. The first kappa shape index (κ1) is 16.8. The summed E-state index contributed by atoms with van der Waals surface area (Å²) < 4.78 is 1.94. The van der Waals surface area contributed by atoms with Crippen molar-refractivity contribution in [1.82, 2.24) is 9.47 Å². The second kappa shape index (κ2) is 7.61. The zero-order valence-corrected chi connectivity index (χ0v) is 13.3. The van der Waals surface area contributed by atoms with E-state index in [-0.39, 0.29) is 17.8 Å². The monoisotopic (exact) mass is 306 g/mol. The molecule has 5 nitrogen and oxygen atoms in total. The first-order valence-corrected chi connectivity index (χ1v) is 7.96. The highest BCUT2D eigenvalue weighted by molar-refractivity contribution is 5.30. The van der Waals surface area contributed by atoms with E-state index in [1.54, 1.807) is 6.08 Å². The van der Waals surface area contributed by atoms with E-state index in [1.807, 2.05) is 11.5 Å². The maximum atomic E-state index is 11.9. The molecule has 0 aromatic carbocycles. The number of allylic oxidation sites excluding steroid dienone is 1. The van der Waals surface area contributed by atoms with Crippen molar-refractivity contribution < 1.29 is 10.2 Å². The van der Waals surface area contributed by atoms with Crippen molar-refractivity contribution in [2.45, 2.75) is 51.7 Å². The van der Waals surface area contributed by atoms with Gasteiger partial charge in [-0.1, -0.05) is 12.5 Å². The third-order valence-corrected chi connectivity index (χ3v) is 4.47. The van der Waals surface area contributed by atoms with Gasteiger partial charge in [0.25, 0.3) is 0 Å². The second-order valence-electron chi connectivity index (χ2n) is 5.98. The average Bonchev–Trinajstić information content (AvgIpc) is 2.50. The zero-order valence-electron chi connectivity index (χ0n) is 13.3. The molecule has 0 radical (unpaired) electrons. The number of piperidine rings is 1. The fourth-order valence-electron chi connectivity index (χ4n) is 3.30. The van der Waals surface area contributed by atoms with Gasteiger partial charge >= 0.3 is 0 Å². The quantitative estimate of drug-likeness (QED) is 0.786. The van der Waals surface area contributed by atoms with E-state index in [9.17, 15) is 15.0 Å². The minimum atomic E-state index is -0.330. The average molecular weight is 306 g/mol. The molecule has 1 aromatic rings. The molecule has 2 N–H and O–H groups in total. The van der Waals surface area contributed by atoms with E-state index in [4.69, 9.17) is 0 Å². The van der Waals surface area contributed by atoms with Crippen molar-refractivity contribution in [3.05, 3.63) is 40.3 Å². The van der Waals surface area contributed by atoms with Gasteiger partial charge in [0.15, 0.2) is 5.75 Å². The van der Waals surface area contributed by atoms with Gasteiger partial charge in [0.1, 0.15) is 0 Å². The summed E-state index contributed by atoms with van der Waals surface area (Å²) in [5, 5.41) is 19.5. The van der Waals surface area contributed by atoms with Crippen LogP contribution in [0, 0.1) is 6.92 Å². The molecule has 2 heterocycles. The van der Waals surface area contributed by atoms with Crippen LogP contribution < -0.4 is 5.43 Å². The Labute approximate surface area is 131 Å². The van der Waals surface area contributed by atoms with Crippen LogP contribution in [0.3, 0.4) is 0 Å². The lowest BCUT2D eigenvalue weighted by Crippen LogP contribution is -2.40. The van der Waals surface area contributed by atoms with E-state index < -0.39 is 0 Å². The van der Waals surface area contributed by atoms with Crippen LogP contribution in [0.25, 0.3) is 0 Å². The van der Waals surface area contributed by atoms with Gasteiger partial charge in [-0.15, -0.1) is 6.58 Å². The Hall–Kier alpha value is -1.59. The molecule has 1 atom stereocenters. The van der Waals surface area contributed by atoms with Gasteiger partial charge in [-0.2, -0.15) is 0 Å². The first-order valence-electron chi connectivity index (χ1n) is 7.96. The zero-order chi connectivity index (χ0) is 16.1. The van der Waals surface area contributed by atoms with Crippen molar-refractivity contribution in [3.63, 3.8) is 0 Å². The van der Waals surface area contributed by atoms with Crippen molar-refractivity contribution in [3.8, 4) is 5.75 Å². The molecule has 0 spiro atoms. The Morgan fingerprint density at radius 3 is 2.91 bits per heavy atom. The molecule has 2 rings (SSSR count). The van der Waals surface area contributed by atoms with Crippen LogP contribution in [0.1, 0.15) is 37.1 Å². The topological polar surface area (TPSA) is 65.7 Å². The van der Waals surface area contributed by atoms with Gasteiger partial charge in [-0.3, -0.25) is 9.69 Å². The number of likely N-dealkylation sites (tertiary alicyclic amines) is 1. The Morgan fingerprint density at radius 1 is 1.45 bits per heavy atom. The SMILES string of the molecule is C=CCn1c(C)cc(=O)c(O)c1CN1CCCCC1CCO. The van der Waals surface area contributed by atoms with Crippen molar-refractivity contribution in [1.29, 1.82) is 0 Å². The fraction of sp³-hybridized carbons (Fsp3) is 0.588. The molecule has 1 aromatic heterocycles. The molecule has 0 aliphatic carbocycles. The van der Waals surface area contributed by atoms with Gasteiger partial charge in [0.2, 0.25) is 5.43 Å². The normalized spacial score (nSPS) is 19.3. The minimum absolute atomic E-state index is 0.166. The number of rotatable bonds is 6. The summed E-state index contributed by atoms with van der Waals surface area (Å²) in [6.07, 6.45) is 5.83. The third kappa shape index (κ3) is 3.59. The van der Waals surface area contributed by atoms with E-state index in [0.717, 1.165) is 31.5 Å². The smallest absolute Gasteiger partial charge is 0.223 e. The fourth-order valence-corrected chi connectivity index (χ4v) is 3.30. The molecule has 1 unspecified atom stereocenters. The maximum Gasteiger partial charge on any atom is 0.223 e. The molecule has 0 amide bonds. The van der Waals surface area contributed by atoms with Gasteiger partial charge in [0, 0.05) is 37.5 Å². The summed E-state index contributed by atoms with van der Waals surface area (Å²) in [6.45, 7) is 7.81. The molecule has 22 heavy (non-hydrogen) atoms. The largest absolute Gasteiger partial charge is 0.503 e. The number of aliphatic hydroxyl groups is 1.